The molecule has 0 bridgehead atoms. The highest BCUT2D eigenvalue weighted by atomic mass is 16.7. The monoisotopic (exact) mass is 186 g/mol. The summed E-state index contributed by atoms with van der Waals surface area (Å²) in [6.07, 6.45) is 4.17. The first-order valence-corrected chi connectivity index (χ1v) is 4.29. The van der Waals surface area contributed by atoms with Gasteiger partial charge in [0.05, 0.1) is 19.8 Å². The van der Waals surface area contributed by atoms with Crippen LogP contribution in [0.3, 0.4) is 0 Å². The predicted molar refractivity (Wildman–Crippen MR) is 46.2 cm³/mol. The van der Waals surface area contributed by atoms with E-state index in [9.17, 15) is 9.90 Å². The average molecular weight is 186 g/mol. The molecule has 0 aromatic rings. The molecule has 0 saturated carbocycles. The molecule has 4 nitrogen and oxygen atoms in total. The highest BCUT2D eigenvalue weighted by Gasteiger charge is 2.20. The Balaban J connectivity index is 2.09. The van der Waals surface area contributed by atoms with Gasteiger partial charge in [-0.05, 0) is 18.8 Å². The van der Waals surface area contributed by atoms with Gasteiger partial charge in [0.2, 0.25) is 0 Å². The highest BCUT2D eigenvalue weighted by Crippen LogP contribution is 2.21. The maximum Gasteiger partial charge on any atom is 0.507 e. The highest BCUT2D eigenvalue weighted by molar-refractivity contribution is 5.59. The number of hydrogen-bond acceptors (Lipinski definition) is 4. The lowest BCUT2D eigenvalue weighted by Crippen LogP contribution is -2.16. The SMILES string of the molecule is COC(=O)OCC[C@H]1CC=C[C@H]1O. The van der Waals surface area contributed by atoms with E-state index in [0.717, 1.165) is 6.42 Å². The van der Waals surface area contributed by atoms with Gasteiger partial charge in [0.25, 0.3) is 0 Å². The third-order valence-electron chi connectivity index (χ3n) is 2.13. The van der Waals surface area contributed by atoms with Crippen LogP contribution in [0.4, 0.5) is 4.79 Å². The van der Waals surface area contributed by atoms with Crippen LogP contribution >= 0.6 is 0 Å². The molecule has 0 saturated heterocycles. The summed E-state index contributed by atoms with van der Waals surface area (Å²) in [6.45, 7) is 0.302. The van der Waals surface area contributed by atoms with Crippen molar-refractivity contribution in [3.05, 3.63) is 12.2 Å². The molecular formula is C9H14O4. The summed E-state index contributed by atoms with van der Waals surface area (Å²) in [5, 5.41) is 9.35. The maximum atomic E-state index is 10.5. The van der Waals surface area contributed by atoms with Gasteiger partial charge in [0.15, 0.2) is 0 Å². The number of rotatable bonds is 3. The molecule has 0 amide bonds. The lowest BCUT2D eigenvalue weighted by Gasteiger charge is -2.13. The van der Waals surface area contributed by atoms with Crippen LogP contribution in [0.1, 0.15) is 12.8 Å². The van der Waals surface area contributed by atoms with Crippen molar-refractivity contribution in [2.45, 2.75) is 18.9 Å². The quantitative estimate of drug-likeness (QED) is 0.529. The van der Waals surface area contributed by atoms with Crippen LogP contribution in [0, 0.1) is 5.92 Å². The molecule has 0 spiro atoms. The molecule has 1 rings (SSSR count). The van der Waals surface area contributed by atoms with Gasteiger partial charge in [-0.3, -0.25) is 0 Å². The molecule has 0 radical (unpaired) electrons. The molecule has 0 aromatic carbocycles. The van der Waals surface area contributed by atoms with Crippen molar-refractivity contribution in [3.8, 4) is 0 Å². The molecule has 1 aliphatic rings. The van der Waals surface area contributed by atoms with Gasteiger partial charge in [-0.25, -0.2) is 4.79 Å². The lowest BCUT2D eigenvalue weighted by molar-refractivity contribution is 0.0609. The molecule has 1 aliphatic carbocycles. The Morgan fingerprint density at radius 3 is 3.00 bits per heavy atom. The number of methoxy groups -OCH3 is 1. The van der Waals surface area contributed by atoms with Gasteiger partial charge in [0, 0.05) is 0 Å². The number of carbonyl (C=O) groups is 1. The molecule has 0 unspecified atom stereocenters. The van der Waals surface area contributed by atoms with Gasteiger partial charge in [-0.2, -0.15) is 0 Å². The van der Waals surface area contributed by atoms with E-state index in [-0.39, 0.29) is 12.0 Å². The van der Waals surface area contributed by atoms with Crippen molar-refractivity contribution in [3.63, 3.8) is 0 Å². The van der Waals surface area contributed by atoms with E-state index in [1.807, 2.05) is 6.08 Å². The van der Waals surface area contributed by atoms with Crippen molar-refractivity contribution in [2.75, 3.05) is 13.7 Å². The smallest absolute Gasteiger partial charge is 0.438 e. The minimum Gasteiger partial charge on any atom is -0.438 e. The summed E-state index contributed by atoms with van der Waals surface area (Å²) in [6, 6.07) is 0. The van der Waals surface area contributed by atoms with E-state index < -0.39 is 6.16 Å². The Bertz CT molecular complexity index is 200. The second-order valence-corrected chi connectivity index (χ2v) is 3.01. The Labute approximate surface area is 77.1 Å². The molecular weight excluding hydrogens is 172 g/mol. The van der Waals surface area contributed by atoms with Crippen molar-refractivity contribution in [1.82, 2.24) is 0 Å². The van der Waals surface area contributed by atoms with Crippen LogP contribution in [0.2, 0.25) is 0 Å². The number of aliphatic hydroxyl groups is 1. The molecule has 0 heterocycles. The normalized spacial score (nSPS) is 26.0. The Hall–Kier alpha value is -1.03. The van der Waals surface area contributed by atoms with E-state index in [2.05, 4.69) is 4.74 Å². The molecule has 0 aromatic heterocycles. The number of allylic oxidation sites excluding steroid dienone is 1. The van der Waals surface area contributed by atoms with E-state index in [1.165, 1.54) is 7.11 Å². The van der Waals surface area contributed by atoms with E-state index in [1.54, 1.807) is 6.08 Å². The molecule has 13 heavy (non-hydrogen) atoms. The van der Waals surface area contributed by atoms with Crippen molar-refractivity contribution in [1.29, 1.82) is 0 Å². The number of carbonyl (C=O) groups excluding carboxylic acids is 1. The van der Waals surface area contributed by atoms with Crippen LogP contribution < -0.4 is 0 Å². The fourth-order valence-corrected chi connectivity index (χ4v) is 1.33. The summed E-state index contributed by atoms with van der Waals surface area (Å²) in [5.74, 6) is 0.185. The van der Waals surface area contributed by atoms with Gasteiger partial charge < -0.3 is 14.6 Å². The standard InChI is InChI=1S/C9H14O4/c1-12-9(11)13-6-5-7-3-2-4-8(7)10/h2,4,7-8,10H,3,5-6H2,1H3/t7-,8-/m1/s1. The van der Waals surface area contributed by atoms with Crippen LogP contribution in [0.15, 0.2) is 12.2 Å². The fraction of sp³-hybridized carbons (Fsp3) is 0.667. The van der Waals surface area contributed by atoms with E-state index in [4.69, 9.17) is 4.74 Å². The van der Waals surface area contributed by atoms with Crippen LogP contribution in [0.25, 0.3) is 0 Å². The predicted octanol–water partition coefficient (Wildman–Crippen LogP) is 1.10. The third kappa shape index (κ3) is 3.06. The zero-order chi connectivity index (χ0) is 9.68. The number of ether oxygens (including phenoxy) is 2. The first kappa shape index (κ1) is 10.1. The van der Waals surface area contributed by atoms with Gasteiger partial charge in [-0.15, -0.1) is 0 Å². The zero-order valence-corrected chi connectivity index (χ0v) is 7.60. The summed E-state index contributed by atoms with van der Waals surface area (Å²) in [5.41, 5.74) is 0. The summed E-state index contributed by atoms with van der Waals surface area (Å²) >= 11 is 0. The molecule has 0 fully saturated rings. The summed E-state index contributed by atoms with van der Waals surface area (Å²) in [7, 11) is 1.27. The zero-order valence-electron chi connectivity index (χ0n) is 7.60. The third-order valence-corrected chi connectivity index (χ3v) is 2.13. The van der Waals surface area contributed by atoms with E-state index >= 15 is 0 Å². The number of hydrogen-bond donors (Lipinski definition) is 1. The van der Waals surface area contributed by atoms with Crippen LogP contribution in [-0.4, -0.2) is 31.1 Å². The molecule has 1 N–H and O–H groups in total. The average Bonchev–Trinajstić information content (AvgIpc) is 2.52. The topological polar surface area (TPSA) is 55.8 Å². The Kier molecular flexibility index (Phi) is 3.76. The molecule has 0 aliphatic heterocycles. The van der Waals surface area contributed by atoms with Crippen molar-refractivity contribution >= 4 is 6.16 Å². The summed E-state index contributed by atoms with van der Waals surface area (Å²) < 4.78 is 9.00. The Morgan fingerprint density at radius 1 is 1.69 bits per heavy atom. The molecule has 4 heteroatoms. The minimum absolute atomic E-state index is 0.185. The number of aliphatic hydroxyl groups excluding tert-OH is 1. The summed E-state index contributed by atoms with van der Waals surface area (Å²) in [4.78, 5) is 10.5. The second kappa shape index (κ2) is 4.87. The molecule has 74 valence electrons. The fourth-order valence-electron chi connectivity index (χ4n) is 1.33. The van der Waals surface area contributed by atoms with Crippen LogP contribution in [0.5, 0.6) is 0 Å². The van der Waals surface area contributed by atoms with Gasteiger partial charge in [0.1, 0.15) is 0 Å². The van der Waals surface area contributed by atoms with Crippen LogP contribution in [-0.2, 0) is 9.47 Å². The van der Waals surface area contributed by atoms with Gasteiger partial charge >= 0.3 is 6.16 Å². The van der Waals surface area contributed by atoms with Crippen molar-refractivity contribution < 1.29 is 19.4 Å². The second-order valence-electron chi connectivity index (χ2n) is 3.01. The van der Waals surface area contributed by atoms with Gasteiger partial charge in [-0.1, -0.05) is 12.2 Å². The minimum atomic E-state index is -0.666. The van der Waals surface area contributed by atoms with E-state index in [0.29, 0.717) is 13.0 Å². The first-order valence-electron chi connectivity index (χ1n) is 4.29. The van der Waals surface area contributed by atoms with Crippen molar-refractivity contribution in [2.24, 2.45) is 5.92 Å². The molecule has 2 atom stereocenters. The lowest BCUT2D eigenvalue weighted by atomic mass is 10.0. The largest absolute Gasteiger partial charge is 0.507 e. The maximum absolute atomic E-state index is 10.5. The first-order chi connectivity index (χ1) is 6.24. The Morgan fingerprint density at radius 2 is 2.46 bits per heavy atom.